The highest BCUT2D eigenvalue weighted by Crippen LogP contribution is 2.32. The van der Waals surface area contributed by atoms with Gasteiger partial charge in [-0.2, -0.15) is 0 Å². The fourth-order valence-corrected chi connectivity index (χ4v) is 2.27. The Hall–Kier alpha value is -1.10. The Morgan fingerprint density at radius 3 is 2.29 bits per heavy atom. The van der Waals surface area contributed by atoms with E-state index < -0.39 is 0 Å². The van der Waals surface area contributed by atoms with Crippen LogP contribution in [0.3, 0.4) is 0 Å². The Morgan fingerprint density at radius 2 is 1.76 bits per heavy atom. The van der Waals surface area contributed by atoms with Crippen LogP contribution in [-0.4, -0.2) is 48.1 Å². The first kappa shape index (κ1) is 12.4. The molecule has 1 saturated heterocycles. The van der Waals surface area contributed by atoms with Crippen molar-refractivity contribution in [3.8, 4) is 0 Å². The van der Waals surface area contributed by atoms with E-state index in [1.54, 1.807) is 0 Å². The maximum atomic E-state index is 11.8. The van der Waals surface area contributed by atoms with Gasteiger partial charge >= 0.3 is 0 Å². The molecule has 0 unspecified atom stereocenters. The number of hydrogen-bond donors (Lipinski definition) is 2. The fraction of sp³-hybridized carbons (Fsp3) is 0.833. The van der Waals surface area contributed by atoms with E-state index in [9.17, 15) is 9.59 Å². The molecule has 96 valence electrons. The summed E-state index contributed by atoms with van der Waals surface area (Å²) < 4.78 is 0. The van der Waals surface area contributed by atoms with Gasteiger partial charge in [0.15, 0.2) is 0 Å². The maximum Gasteiger partial charge on any atom is 0.225 e. The van der Waals surface area contributed by atoms with Crippen molar-refractivity contribution in [1.82, 2.24) is 10.2 Å². The first-order valence-electron chi connectivity index (χ1n) is 6.39. The SMILES string of the molecule is O=C(NCCO)C1CCN(C(=O)C2CC2)CC1. The van der Waals surface area contributed by atoms with Crippen molar-refractivity contribution in [3.05, 3.63) is 0 Å². The zero-order chi connectivity index (χ0) is 12.3. The molecule has 1 aliphatic carbocycles. The minimum Gasteiger partial charge on any atom is -0.395 e. The lowest BCUT2D eigenvalue weighted by Gasteiger charge is -2.31. The lowest BCUT2D eigenvalue weighted by atomic mass is 9.95. The molecule has 0 aromatic heterocycles. The fourth-order valence-electron chi connectivity index (χ4n) is 2.27. The third kappa shape index (κ3) is 3.19. The van der Waals surface area contributed by atoms with E-state index in [1.807, 2.05) is 4.90 Å². The summed E-state index contributed by atoms with van der Waals surface area (Å²) in [5.41, 5.74) is 0. The molecule has 0 aromatic carbocycles. The maximum absolute atomic E-state index is 11.8. The van der Waals surface area contributed by atoms with Crippen LogP contribution in [0.2, 0.25) is 0 Å². The second-order valence-corrected chi connectivity index (χ2v) is 4.89. The van der Waals surface area contributed by atoms with Crippen LogP contribution in [0.1, 0.15) is 25.7 Å². The average Bonchev–Trinajstić information content (AvgIpc) is 3.19. The van der Waals surface area contributed by atoms with Crippen molar-refractivity contribution in [2.45, 2.75) is 25.7 Å². The van der Waals surface area contributed by atoms with Gasteiger partial charge in [0.1, 0.15) is 0 Å². The summed E-state index contributed by atoms with van der Waals surface area (Å²) in [5.74, 6) is 0.566. The highest BCUT2D eigenvalue weighted by molar-refractivity contribution is 5.82. The number of piperidine rings is 1. The van der Waals surface area contributed by atoms with Crippen LogP contribution in [0.4, 0.5) is 0 Å². The van der Waals surface area contributed by atoms with Gasteiger partial charge in [-0.1, -0.05) is 0 Å². The molecular formula is C12H20N2O3. The largest absolute Gasteiger partial charge is 0.395 e. The molecule has 0 bridgehead atoms. The molecule has 5 heteroatoms. The van der Waals surface area contributed by atoms with E-state index in [1.165, 1.54) is 0 Å². The minimum absolute atomic E-state index is 0.00445. The Kier molecular flexibility index (Phi) is 3.99. The standard InChI is InChI=1S/C12H20N2O3/c15-8-5-13-11(16)9-3-6-14(7-4-9)12(17)10-1-2-10/h9-10,15H,1-8H2,(H,13,16). The predicted octanol–water partition coefficient (Wildman–Crippen LogP) is -0.257. The van der Waals surface area contributed by atoms with Gasteiger partial charge in [-0.25, -0.2) is 0 Å². The quantitative estimate of drug-likeness (QED) is 0.711. The molecule has 2 fully saturated rings. The van der Waals surface area contributed by atoms with Gasteiger partial charge < -0.3 is 15.3 Å². The average molecular weight is 240 g/mol. The molecule has 0 atom stereocenters. The highest BCUT2D eigenvalue weighted by atomic mass is 16.3. The lowest BCUT2D eigenvalue weighted by molar-refractivity contribution is -0.136. The van der Waals surface area contributed by atoms with Crippen LogP contribution in [0.5, 0.6) is 0 Å². The van der Waals surface area contributed by atoms with Crippen LogP contribution in [-0.2, 0) is 9.59 Å². The number of likely N-dealkylation sites (tertiary alicyclic amines) is 1. The summed E-state index contributed by atoms with van der Waals surface area (Å²) in [6, 6.07) is 0. The molecule has 2 N–H and O–H groups in total. The van der Waals surface area contributed by atoms with E-state index in [2.05, 4.69) is 5.32 Å². The van der Waals surface area contributed by atoms with Gasteiger partial charge in [0.05, 0.1) is 6.61 Å². The van der Waals surface area contributed by atoms with E-state index in [4.69, 9.17) is 5.11 Å². The number of rotatable bonds is 4. The van der Waals surface area contributed by atoms with Crippen molar-refractivity contribution in [2.24, 2.45) is 11.8 Å². The van der Waals surface area contributed by atoms with Gasteiger partial charge in [0, 0.05) is 31.5 Å². The molecule has 2 rings (SSSR count). The monoisotopic (exact) mass is 240 g/mol. The Morgan fingerprint density at radius 1 is 1.12 bits per heavy atom. The first-order chi connectivity index (χ1) is 8.22. The van der Waals surface area contributed by atoms with Gasteiger partial charge in [0.2, 0.25) is 11.8 Å². The van der Waals surface area contributed by atoms with Crippen LogP contribution < -0.4 is 5.32 Å². The second kappa shape index (κ2) is 5.49. The highest BCUT2D eigenvalue weighted by Gasteiger charge is 2.35. The van der Waals surface area contributed by atoms with E-state index >= 15 is 0 Å². The molecule has 1 aliphatic heterocycles. The van der Waals surface area contributed by atoms with Crippen molar-refractivity contribution in [2.75, 3.05) is 26.2 Å². The molecular weight excluding hydrogens is 220 g/mol. The third-order valence-electron chi connectivity index (χ3n) is 3.52. The number of nitrogens with zero attached hydrogens (tertiary/aromatic N) is 1. The van der Waals surface area contributed by atoms with Crippen LogP contribution in [0.15, 0.2) is 0 Å². The molecule has 0 aromatic rings. The molecule has 0 radical (unpaired) electrons. The van der Waals surface area contributed by atoms with Crippen LogP contribution in [0, 0.1) is 11.8 Å². The number of hydrogen-bond acceptors (Lipinski definition) is 3. The summed E-state index contributed by atoms with van der Waals surface area (Å²) in [7, 11) is 0. The first-order valence-corrected chi connectivity index (χ1v) is 6.39. The van der Waals surface area contributed by atoms with Crippen molar-refractivity contribution >= 4 is 11.8 Å². The normalized spacial score (nSPS) is 21.4. The van der Waals surface area contributed by atoms with Crippen LogP contribution in [0.25, 0.3) is 0 Å². The summed E-state index contributed by atoms with van der Waals surface area (Å²) in [6.07, 6.45) is 3.57. The smallest absolute Gasteiger partial charge is 0.225 e. The number of aliphatic hydroxyl groups is 1. The van der Waals surface area contributed by atoms with Crippen molar-refractivity contribution in [1.29, 1.82) is 0 Å². The number of aliphatic hydroxyl groups excluding tert-OH is 1. The Bertz CT molecular complexity index is 294. The molecule has 2 aliphatic rings. The van der Waals surface area contributed by atoms with Crippen molar-refractivity contribution in [3.63, 3.8) is 0 Å². The molecule has 17 heavy (non-hydrogen) atoms. The molecule has 5 nitrogen and oxygen atoms in total. The molecule has 1 saturated carbocycles. The second-order valence-electron chi connectivity index (χ2n) is 4.89. The zero-order valence-electron chi connectivity index (χ0n) is 10.0. The number of nitrogens with one attached hydrogen (secondary N) is 1. The summed E-state index contributed by atoms with van der Waals surface area (Å²) in [4.78, 5) is 25.4. The van der Waals surface area contributed by atoms with Gasteiger partial charge in [0.25, 0.3) is 0 Å². The molecule has 0 spiro atoms. The van der Waals surface area contributed by atoms with E-state index in [0.29, 0.717) is 19.6 Å². The van der Waals surface area contributed by atoms with Gasteiger partial charge in [-0.15, -0.1) is 0 Å². The Labute approximate surface area is 101 Å². The number of carbonyl (C=O) groups excluding carboxylic acids is 2. The zero-order valence-corrected chi connectivity index (χ0v) is 10.0. The summed E-state index contributed by atoms with van der Waals surface area (Å²) in [6.45, 7) is 1.70. The number of carbonyl (C=O) groups is 2. The summed E-state index contributed by atoms with van der Waals surface area (Å²) in [5, 5.41) is 11.3. The molecule has 2 amide bonds. The third-order valence-corrected chi connectivity index (χ3v) is 3.52. The summed E-state index contributed by atoms with van der Waals surface area (Å²) >= 11 is 0. The van der Waals surface area contributed by atoms with Crippen molar-refractivity contribution < 1.29 is 14.7 Å². The van der Waals surface area contributed by atoms with Crippen LogP contribution >= 0.6 is 0 Å². The number of amides is 2. The lowest BCUT2D eigenvalue weighted by Crippen LogP contribution is -2.43. The van der Waals surface area contributed by atoms with E-state index in [-0.39, 0.29) is 30.3 Å². The topological polar surface area (TPSA) is 69.6 Å². The molecule has 1 heterocycles. The van der Waals surface area contributed by atoms with E-state index in [0.717, 1.165) is 25.7 Å². The Balaban J connectivity index is 1.73. The minimum atomic E-state index is -0.0231. The van der Waals surface area contributed by atoms with Gasteiger partial charge in [-0.3, -0.25) is 9.59 Å². The predicted molar refractivity (Wildman–Crippen MR) is 62.1 cm³/mol. The van der Waals surface area contributed by atoms with Gasteiger partial charge in [-0.05, 0) is 25.7 Å².